The molecule has 0 N–H and O–H groups in total. The summed E-state index contributed by atoms with van der Waals surface area (Å²) in [6, 6.07) is 11.5. The van der Waals surface area contributed by atoms with E-state index in [-0.39, 0.29) is 4.90 Å². The molecule has 2 heterocycles. The Morgan fingerprint density at radius 3 is 2.28 bits per heavy atom. The first kappa shape index (κ1) is 20.0. The number of rotatable bonds is 4. The van der Waals surface area contributed by atoms with Crippen LogP contribution in [-0.2, 0) is 9.84 Å². The lowest BCUT2D eigenvalue weighted by molar-refractivity contribution is 0.529. The van der Waals surface area contributed by atoms with Gasteiger partial charge in [0.1, 0.15) is 5.82 Å². The zero-order chi connectivity index (χ0) is 20.6. The van der Waals surface area contributed by atoms with E-state index in [1.54, 1.807) is 11.3 Å². The molecule has 2 aromatic carbocycles. The second-order valence-corrected chi connectivity index (χ2v) is 10.6. The number of thiazole rings is 1. The highest BCUT2D eigenvalue weighted by Gasteiger charge is 2.32. The van der Waals surface area contributed by atoms with Crippen LogP contribution in [0.3, 0.4) is 0 Å². The molecule has 1 aliphatic heterocycles. The van der Waals surface area contributed by atoms with E-state index in [9.17, 15) is 12.8 Å². The second-order valence-electron chi connectivity index (χ2n) is 7.58. The molecule has 152 valence electrons. The molecule has 1 aromatic heterocycles. The van der Waals surface area contributed by atoms with Crippen LogP contribution in [0.25, 0.3) is 11.3 Å². The Morgan fingerprint density at radius 1 is 1.03 bits per heavy atom. The molecular formula is C22H23FN2O2S2. The van der Waals surface area contributed by atoms with Gasteiger partial charge in [0.2, 0.25) is 0 Å². The number of aryl methyl sites for hydroxylation is 2. The number of hydrogen-bond donors (Lipinski definition) is 0. The summed E-state index contributed by atoms with van der Waals surface area (Å²) >= 11 is 1.59. The number of hydrogen-bond acceptors (Lipinski definition) is 5. The van der Waals surface area contributed by atoms with Crippen molar-refractivity contribution in [3.63, 3.8) is 0 Å². The first-order valence-corrected chi connectivity index (χ1v) is 12.0. The first-order chi connectivity index (χ1) is 13.8. The van der Waals surface area contributed by atoms with E-state index >= 15 is 0 Å². The highest BCUT2D eigenvalue weighted by molar-refractivity contribution is 7.92. The summed E-state index contributed by atoms with van der Waals surface area (Å²) in [5, 5.41) is 2.55. The van der Waals surface area contributed by atoms with E-state index < -0.39 is 20.9 Å². The van der Waals surface area contributed by atoms with Crippen LogP contribution in [0.5, 0.6) is 0 Å². The molecule has 3 aromatic rings. The molecule has 29 heavy (non-hydrogen) atoms. The molecular weight excluding hydrogens is 407 g/mol. The molecule has 0 radical (unpaired) electrons. The van der Waals surface area contributed by atoms with Crippen LogP contribution >= 0.6 is 11.3 Å². The zero-order valence-corrected chi connectivity index (χ0v) is 18.1. The van der Waals surface area contributed by atoms with Crippen molar-refractivity contribution in [2.75, 3.05) is 18.0 Å². The summed E-state index contributed by atoms with van der Waals surface area (Å²) in [6.45, 7) is 5.45. The van der Waals surface area contributed by atoms with Gasteiger partial charge < -0.3 is 4.90 Å². The van der Waals surface area contributed by atoms with Crippen LogP contribution in [0.15, 0.2) is 52.7 Å². The third-order valence-corrected chi connectivity index (χ3v) is 8.48. The van der Waals surface area contributed by atoms with Crippen molar-refractivity contribution >= 4 is 26.3 Å². The van der Waals surface area contributed by atoms with Gasteiger partial charge in [-0.15, -0.1) is 11.3 Å². The Hall–Kier alpha value is -2.25. The lowest BCUT2D eigenvalue weighted by atomic mass is 10.1. The molecule has 1 fully saturated rings. The SMILES string of the molecule is Cc1cc(C)cc(-c2csc(N3CCC(S(=O)(=O)c4ccc(F)cc4)CC3)n2)c1. The summed E-state index contributed by atoms with van der Waals surface area (Å²) in [4.78, 5) is 7.15. The van der Waals surface area contributed by atoms with Crippen molar-refractivity contribution in [2.24, 2.45) is 0 Å². The molecule has 0 amide bonds. The van der Waals surface area contributed by atoms with Gasteiger partial charge in [-0.2, -0.15) is 0 Å². The average Bonchev–Trinajstić information content (AvgIpc) is 3.18. The van der Waals surface area contributed by atoms with Crippen LogP contribution in [0, 0.1) is 19.7 Å². The van der Waals surface area contributed by atoms with Crippen molar-refractivity contribution in [1.29, 1.82) is 0 Å². The van der Waals surface area contributed by atoms with Gasteiger partial charge >= 0.3 is 0 Å². The quantitative estimate of drug-likeness (QED) is 0.546. The smallest absolute Gasteiger partial charge is 0.185 e. The number of benzene rings is 2. The highest BCUT2D eigenvalue weighted by Crippen LogP contribution is 2.32. The average molecular weight is 431 g/mol. The maximum atomic E-state index is 13.1. The van der Waals surface area contributed by atoms with Gasteiger partial charge in [-0.25, -0.2) is 17.8 Å². The van der Waals surface area contributed by atoms with Crippen molar-refractivity contribution < 1.29 is 12.8 Å². The maximum absolute atomic E-state index is 13.1. The topological polar surface area (TPSA) is 50.3 Å². The minimum atomic E-state index is -3.44. The van der Waals surface area contributed by atoms with E-state index in [0.29, 0.717) is 25.9 Å². The summed E-state index contributed by atoms with van der Waals surface area (Å²) in [6.07, 6.45) is 1.08. The van der Waals surface area contributed by atoms with Crippen LogP contribution in [0.1, 0.15) is 24.0 Å². The van der Waals surface area contributed by atoms with E-state index in [1.165, 1.54) is 35.4 Å². The van der Waals surface area contributed by atoms with E-state index in [1.807, 2.05) is 0 Å². The predicted octanol–water partition coefficient (Wildman–Crippen LogP) is 5.01. The molecule has 1 aliphatic rings. The molecule has 1 saturated heterocycles. The molecule has 0 spiro atoms. The van der Waals surface area contributed by atoms with Crippen LogP contribution < -0.4 is 4.90 Å². The van der Waals surface area contributed by atoms with Crippen LogP contribution in [0.4, 0.5) is 9.52 Å². The number of halogens is 1. The molecule has 0 aliphatic carbocycles. The largest absolute Gasteiger partial charge is 0.348 e. The van der Waals surface area contributed by atoms with Gasteiger partial charge in [-0.1, -0.05) is 17.2 Å². The maximum Gasteiger partial charge on any atom is 0.185 e. The minimum Gasteiger partial charge on any atom is -0.348 e. The fourth-order valence-electron chi connectivity index (χ4n) is 3.84. The Kier molecular flexibility index (Phi) is 5.44. The van der Waals surface area contributed by atoms with Crippen LogP contribution in [-0.4, -0.2) is 31.7 Å². The van der Waals surface area contributed by atoms with Crippen molar-refractivity contribution in [2.45, 2.75) is 36.8 Å². The van der Waals surface area contributed by atoms with E-state index in [4.69, 9.17) is 4.98 Å². The Labute approximate surface area is 175 Å². The molecule has 0 unspecified atom stereocenters. The molecule has 7 heteroatoms. The van der Waals surface area contributed by atoms with Crippen molar-refractivity contribution in [1.82, 2.24) is 4.98 Å². The summed E-state index contributed by atoms with van der Waals surface area (Å²) in [5.41, 5.74) is 4.49. The van der Waals surface area contributed by atoms with Crippen molar-refractivity contribution in [3.05, 3.63) is 64.8 Å². The van der Waals surface area contributed by atoms with Gasteiger partial charge in [-0.3, -0.25) is 0 Å². The molecule has 0 atom stereocenters. The minimum absolute atomic E-state index is 0.198. The standard InChI is InChI=1S/C22H23FN2O2S2/c1-15-11-16(2)13-17(12-15)21-14-28-22(24-21)25-9-7-20(8-10-25)29(26,27)19-5-3-18(23)4-6-19/h3-6,11-14,20H,7-10H2,1-2H3. The molecule has 0 bridgehead atoms. The Balaban J connectivity index is 1.46. The summed E-state index contributed by atoms with van der Waals surface area (Å²) < 4.78 is 38.8. The number of sulfone groups is 1. The van der Waals surface area contributed by atoms with Crippen LogP contribution in [0.2, 0.25) is 0 Å². The van der Waals surface area contributed by atoms with E-state index in [0.717, 1.165) is 16.4 Å². The van der Waals surface area contributed by atoms with Gasteiger partial charge in [0.25, 0.3) is 0 Å². The lowest BCUT2D eigenvalue weighted by Gasteiger charge is -2.31. The molecule has 4 rings (SSSR count). The zero-order valence-electron chi connectivity index (χ0n) is 16.4. The molecule has 4 nitrogen and oxygen atoms in total. The fourth-order valence-corrected chi connectivity index (χ4v) is 6.46. The Morgan fingerprint density at radius 2 is 1.66 bits per heavy atom. The normalized spacial score (nSPS) is 15.6. The second kappa shape index (κ2) is 7.88. The third-order valence-electron chi connectivity index (χ3n) is 5.30. The monoisotopic (exact) mass is 430 g/mol. The number of nitrogens with zero attached hydrogens (tertiary/aromatic N) is 2. The van der Waals surface area contributed by atoms with Gasteiger partial charge in [-0.05, 0) is 63.1 Å². The number of anilines is 1. The fraction of sp³-hybridized carbons (Fsp3) is 0.318. The number of aromatic nitrogens is 1. The van der Waals surface area contributed by atoms with E-state index in [2.05, 4.69) is 42.3 Å². The number of piperidine rings is 1. The van der Waals surface area contributed by atoms with Gasteiger partial charge in [0, 0.05) is 24.0 Å². The first-order valence-electron chi connectivity index (χ1n) is 9.61. The van der Waals surface area contributed by atoms with Gasteiger partial charge in [0.15, 0.2) is 15.0 Å². The highest BCUT2D eigenvalue weighted by atomic mass is 32.2. The predicted molar refractivity (Wildman–Crippen MR) is 116 cm³/mol. The Bertz CT molecular complexity index is 1100. The van der Waals surface area contributed by atoms with Crippen molar-refractivity contribution in [3.8, 4) is 11.3 Å². The summed E-state index contributed by atoms with van der Waals surface area (Å²) in [7, 11) is -3.44. The molecule has 0 saturated carbocycles. The van der Waals surface area contributed by atoms with Gasteiger partial charge in [0.05, 0.1) is 15.8 Å². The third kappa shape index (κ3) is 4.21. The summed E-state index contributed by atoms with van der Waals surface area (Å²) in [5.74, 6) is -0.429. The lowest BCUT2D eigenvalue weighted by Crippen LogP contribution is -2.39.